The summed E-state index contributed by atoms with van der Waals surface area (Å²) >= 11 is 0. The maximum absolute atomic E-state index is 12.6. The number of carbonyl (C=O) groups is 1. The van der Waals surface area contributed by atoms with E-state index in [4.69, 9.17) is 5.73 Å². The van der Waals surface area contributed by atoms with Gasteiger partial charge in [0, 0.05) is 13.0 Å². The summed E-state index contributed by atoms with van der Waals surface area (Å²) in [5.41, 5.74) is 1.92. The summed E-state index contributed by atoms with van der Waals surface area (Å²) in [6.07, 6.45) is -4.52. The van der Waals surface area contributed by atoms with Gasteiger partial charge < -0.3 is 15.7 Å². The second-order valence-corrected chi connectivity index (χ2v) is 4.87. The first kappa shape index (κ1) is 15.2. The zero-order valence-electron chi connectivity index (χ0n) is 10.5. The third kappa shape index (κ3) is 2.47. The van der Waals surface area contributed by atoms with Crippen LogP contribution in [0.3, 0.4) is 0 Å². The second-order valence-electron chi connectivity index (χ2n) is 4.87. The van der Waals surface area contributed by atoms with Crippen molar-refractivity contribution in [3.8, 4) is 0 Å². The number of nitrogens with zero attached hydrogens (tertiary/aromatic N) is 1. The minimum Gasteiger partial charge on any atom is -0.379 e. The van der Waals surface area contributed by atoms with Crippen LogP contribution in [0.4, 0.5) is 13.2 Å². The molecule has 1 heterocycles. The monoisotopic (exact) mass is 268 g/mol. The van der Waals surface area contributed by atoms with Gasteiger partial charge >= 0.3 is 6.18 Å². The lowest BCUT2D eigenvalue weighted by Crippen LogP contribution is -2.56. The van der Waals surface area contributed by atoms with Gasteiger partial charge in [0.2, 0.25) is 5.91 Å². The molecule has 1 aliphatic heterocycles. The number of alkyl halides is 3. The number of hydrogen-bond acceptors (Lipinski definition) is 3. The number of aliphatic hydroxyl groups is 1. The highest BCUT2D eigenvalue weighted by Gasteiger charge is 2.58. The molecule has 0 aliphatic carbocycles. The summed E-state index contributed by atoms with van der Waals surface area (Å²) in [4.78, 5) is 13.1. The highest BCUT2D eigenvalue weighted by molar-refractivity contribution is 5.86. The van der Waals surface area contributed by atoms with Gasteiger partial charge in [0.1, 0.15) is 0 Å². The van der Waals surface area contributed by atoms with Crippen LogP contribution in [-0.2, 0) is 4.79 Å². The predicted octanol–water partition coefficient (Wildman–Crippen LogP) is 1.03. The van der Waals surface area contributed by atoms with Crippen LogP contribution in [0.1, 0.15) is 33.1 Å². The molecule has 7 heteroatoms. The quantitative estimate of drug-likeness (QED) is 0.803. The van der Waals surface area contributed by atoms with Crippen LogP contribution in [0.5, 0.6) is 0 Å². The Kier molecular flexibility index (Phi) is 3.97. The predicted molar refractivity (Wildman–Crippen MR) is 59.7 cm³/mol. The molecule has 1 amide bonds. The molecule has 0 aromatic rings. The highest BCUT2D eigenvalue weighted by atomic mass is 19.4. The van der Waals surface area contributed by atoms with Crippen LogP contribution in [0.25, 0.3) is 0 Å². The fraction of sp³-hybridized carbons (Fsp3) is 0.909. The maximum Gasteiger partial charge on any atom is 0.419 e. The van der Waals surface area contributed by atoms with Crippen LogP contribution >= 0.6 is 0 Å². The minimum absolute atomic E-state index is 0.117. The van der Waals surface area contributed by atoms with Gasteiger partial charge in [0.25, 0.3) is 0 Å². The van der Waals surface area contributed by atoms with Crippen LogP contribution in [0.15, 0.2) is 0 Å². The van der Waals surface area contributed by atoms with E-state index in [0.717, 1.165) is 4.90 Å². The largest absolute Gasteiger partial charge is 0.419 e. The lowest BCUT2D eigenvalue weighted by molar-refractivity contribution is -0.253. The lowest BCUT2D eigenvalue weighted by atomic mass is 9.92. The van der Waals surface area contributed by atoms with E-state index in [9.17, 15) is 23.1 Å². The van der Waals surface area contributed by atoms with Crippen molar-refractivity contribution in [2.75, 3.05) is 13.1 Å². The van der Waals surface area contributed by atoms with Gasteiger partial charge in [-0.15, -0.1) is 0 Å². The number of rotatable bonds is 3. The van der Waals surface area contributed by atoms with Crippen molar-refractivity contribution < 1.29 is 23.1 Å². The van der Waals surface area contributed by atoms with E-state index in [1.54, 1.807) is 13.8 Å². The molecule has 3 N–H and O–H groups in total. The first-order chi connectivity index (χ1) is 8.09. The minimum atomic E-state index is -4.72. The third-order valence-corrected chi connectivity index (χ3v) is 3.75. The number of carbonyl (C=O) groups excluding carboxylic acids is 1. The van der Waals surface area contributed by atoms with Crippen molar-refractivity contribution in [2.24, 2.45) is 5.73 Å². The van der Waals surface area contributed by atoms with Crippen LogP contribution in [-0.4, -0.2) is 46.3 Å². The molecule has 0 aromatic carbocycles. The molecular weight excluding hydrogens is 249 g/mol. The van der Waals surface area contributed by atoms with E-state index in [0.29, 0.717) is 12.8 Å². The fourth-order valence-corrected chi connectivity index (χ4v) is 2.07. The zero-order chi connectivity index (χ0) is 14.2. The summed E-state index contributed by atoms with van der Waals surface area (Å²) in [6.45, 7) is 2.59. The van der Waals surface area contributed by atoms with Crippen LogP contribution in [0.2, 0.25) is 0 Å². The summed E-state index contributed by atoms with van der Waals surface area (Å²) in [6, 6.07) is 0. The molecule has 4 nitrogen and oxygen atoms in total. The van der Waals surface area contributed by atoms with Gasteiger partial charge in [0.05, 0.1) is 12.1 Å². The molecule has 0 aromatic heterocycles. The average Bonchev–Trinajstić information content (AvgIpc) is 2.70. The van der Waals surface area contributed by atoms with Crippen LogP contribution < -0.4 is 5.73 Å². The Bertz CT molecular complexity index is 329. The van der Waals surface area contributed by atoms with Crippen molar-refractivity contribution >= 4 is 5.91 Å². The highest BCUT2D eigenvalue weighted by Crippen LogP contribution is 2.38. The topological polar surface area (TPSA) is 66.6 Å². The lowest BCUT2D eigenvalue weighted by Gasteiger charge is -2.32. The molecule has 0 saturated carbocycles. The third-order valence-electron chi connectivity index (χ3n) is 3.75. The smallest absolute Gasteiger partial charge is 0.379 e. The molecule has 1 aliphatic rings. The van der Waals surface area contributed by atoms with Gasteiger partial charge in [-0.25, -0.2) is 0 Å². The van der Waals surface area contributed by atoms with Gasteiger partial charge in [-0.05, 0) is 12.8 Å². The first-order valence-corrected chi connectivity index (χ1v) is 5.97. The maximum atomic E-state index is 12.6. The van der Waals surface area contributed by atoms with E-state index in [1.165, 1.54) is 0 Å². The number of nitrogens with two attached hydrogens (primary N) is 1. The molecule has 1 rings (SSSR count). The number of hydrogen-bond donors (Lipinski definition) is 2. The number of likely N-dealkylation sites (tertiary alicyclic amines) is 1. The first-order valence-electron chi connectivity index (χ1n) is 5.97. The van der Waals surface area contributed by atoms with E-state index in [-0.39, 0.29) is 6.54 Å². The molecule has 1 fully saturated rings. The summed E-state index contributed by atoms with van der Waals surface area (Å²) in [5, 5.41) is 9.50. The standard InChI is InChI=1S/C11H19F3N2O2/c1-3-9(15,4-2)8(17)16-6-5-10(18,7-16)11(12,13)14/h18H,3-7,15H2,1-2H3. The Morgan fingerprint density at radius 2 is 1.89 bits per heavy atom. The van der Waals surface area contributed by atoms with Gasteiger partial charge in [-0.2, -0.15) is 13.2 Å². The molecule has 18 heavy (non-hydrogen) atoms. The molecule has 0 radical (unpaired) electrons. The average molecular weight is 268 g/mol. The van der Waals surface area contributed by atoms with Crippen molar-refractivity contribution in [1.29, 1.82) is 0 Å². The number of amides is 1. The molecular formula is C11H19F3N2O2. The number of halogens is 3. The number of β-amino-alcohol motifs (C(OH)–C–C–N with tert-alkyl or cyclic N) is 1. The van der Waals surface area contributed by atoms with Gasteiger partial charge in [-0.1, -0.05) is 13.8 Å². The summed E-state index contributed by atoms with van der Waals surface area (Å²) in [5.74, 6) is -0.521. The van der Waals surface area contributed by atoms with E-state index >= 15 is 0 Å². The Morgan fingerprint density at radius 1 is 1.39 bits per heavy atom. The Morgan fingerprint density at radius 3 is 2.22 bits per heavy atom. The molecule has 1 saturated heterocycles. The van der Waals surface area contributed by atoms with Crippen molar-refractivity contribution in [3.63, 3.8) is 0 Å². The van der Waals surface area contributed by atoms with Gasteiger partial charge in [-0.3, -0.25) is 4.79 Å². The zero-order valence-corrected chi connectivity index (χ0v) is 10.5. The molecule has 0 spiro atoms. The van der Waals surface area contributed by atoms with Crippen molar-refractivity contribution in [2.45, 2.75) is 50.4 Å². The summed E-state index contributed by atoms with van der Waals surface area (Å²) in [7, 11) is 0. The van der Waals surface area contributed by atoms with Crippen molar-refractivity contribution in [3.05, 3.63) is 0 Å². The Balaban J connectivity index is 2.82. The second kappa shape index (κ2) is 4.70. The van der Waals surface area contributed by atoms with Crippen molar-refractivity contribution in [1.82, 2.24) is 4.90 Å². The van der Waals surface area contributed by atoms with E-state index in [1.807, 2.05) is 0 Å². The Hall–Kier alpha value is -0.820. The molecule has 0 bridgehead atoms. The Labute approximate surface area is 104 Å². The van der Waals surface area contributed by atoms with Gasteiger partial charge in [0.15, 0.2) is 5.60 Å². The molecule has 106 valence electrons. The van der Waals surface area contributed by atoms with Crippen LogP contribution in [0, 0.1) is 0 Å². The fourth-order valence-electron chi connectivity index (χ4n) is 2.07. The molecule has 1 unspecified atom stereocenters. The SMILES string of the molecule is CCC(N)(CC)C(=O)N1CCC(O)(C(F)(F)F)C1. The normalized spacial score (nSPS) is 25.6. The van der Waals surface area contributed by atoms with E-state index in [2.05, 4.69) is 0 Å². The molecule has 1 atom stereocenters. The van der Waals surface area contributed by atoms with E-state index < -0.39 is 36.2 Å². The summed E-state index contributed by atoms with van der Waals surface area (Å²) < 4.78 is 37.9.